The average molecular weight is 601 g/mol. The number of anilines is 1. The van der Waals surface area contributed by atoms with Gasteiger partial charge in [0.2, 0.25) is 5.95 Å². The van der Waals surface area contributed by atoms with Crippen molar-refractivity contribution in [3.63, 3.8) is 0 Å². The zero-order valence-electron chi connectivity index (χ0n) is 23.9. The number of halogens is 3. The minimum Gasteiger partial charge on any atom is -0.465 e. The van der Waals surface area contributed by atoms with E-state index in [-0.39, 0.29) is 30.3 Å². The molecule has 0 radical (unpaired) electrons. The lowest BCUT2D eigenvalue weighted by Gasteiger charge is -2.36. The number of fused-ring (bicyclic) bond motifs is 1. The summed E-state index contributed by atoms with van der Waals surface area (Å²) in [6.45, 7) is 6.02. The van der Waals surface area contributed by atoms with Crippen LogP contribution in [0.5, 0.6) is 0 Å². The highest BCUT2D eigenvalue weighted by Gasteiger charge is 2.38. The molecule has 6 heterocycles. The Balaban J connectivity index is 1.47. The predicted octanol–water partition coefficient (Wildman–Crippen LogP) is 5.82. The van der Waals surface area contributed by atoms with Crippen LogP contribution in [0.15, 0.2) is 22.9 Å². The van der Waals surface area contributed by atoms with Gasteiger partial charge in [-0.3, -0.25) is 0 Å². The number of rotatable bonds is 5. The molecule has 2 aliphatic heterocycles. The van der Waals surface area contributed by atoms with E-state index in [0.717, 1.165) is 19.0 Å². The first-order valence-electron chi connectivity index (χ1n) is 14.2. The number of likely N-dealkylation sites (tertiary alicyclic amines) is 1. The largest absolute Gasteiger partial charge is 0.465 e. The first-order chi connectivity index (χ1) is 20.5. The van der Waals surface area contributed by atoms with Crippen molar-refractivity contribution in [3.8, 4) is 22.6 Å². The van der Waals surface area contributed by atoms with Crippen molar-refractivity contribution >= 4 is 23.1 Å². The zero-order valence-corrected chi connectivity index (χ0v) is 23.9. The van der Waals surface area contributed by atoms with Gasteiger partial charge in [0, 0.05) is 36.8 Å². The highest BCUT2D eigenvalue weighted by Crippen LogP contribution is 2.40. The van der Waals surface area contributed by atoms with Crippen LogP contribution in [-0.4, -0.2) is 71.2 Å². The van der Waals surface area contributed by atoms with E-state index in [9.17, 15) is 23.1 Å². The summed E-state index contributed by atoms with van der Waals surface area (Å²) >= 11 is 0. The molecule has 0 saturated carbocycles. The summed E-state index contributed by atoms with van der Waals surface area (Å²) < 4.78 is 55.8. The van der Waals surface area contributed by atoms with Crippen LogP contribution < -0.4 is 5.32 Å². The van der Waals surface area contributed by atoms with Crippen molar-refractivity contribution in [2.45, 2.75) is 77.4 Å². The molecule has 0 aromatic carbocycles. The fourth-order valence-electron chi connectivity index (χ4n) is 5.81. The number of nitrogens with zero attached hydrogens (tertiary/aromatic N) is 7. The number of hydrogen-bond donors (Lipinski definition) is 2. The molecule has 2 fully saturated rings. The third kappa shape index (κ3) is 5.48. The number of alkyl halides is 3. The minimum absolute atomic E-state index is 0.0100. The SMILES string of the molecule is Cc1noc(C)c1-c1ccc2c(-c3nc(N[C@@H]4CC[C@@H](C)N(C(=O)O)C4)ncc3C(F)(F)F)nn(C3CCCCO3)c2n1. The fourth-order valence-corrected chi connectivity index (χ4v) is 5.81. The normalized spacial score (nSPS) is 21.3. The first kappa shape index (κ1) is 28.8. The molecule has 4 aromatic rings. The second-order valence-corrected chi connectivity index (χ2v) is 11.0. The number of carboxylic acid groups (broad SMARTS) is 1. The number of piperidine rings is 1. The van der Waals surface area contributed by atoms with Gasteiger partial charge in [0.15, 0.2) is 11.9 Å². The third-order valence-electron chi connectivity index (χ3n) is 8.05. The molecule has 2 saturated heterocycles. The third-order valence-corrected chi connectivity index (χ3v) is 8.05. The Bertz CT molecular complexity index is 1640. The molecule has 3 atom stereocenters. The van der Waals surface area contributed by atoms with Crippen LogP contribution in [0.25, 0.3) is 33.7 Å². The quantitative estimate of drug-likeness (QED) is 0.287. The van der Waals surface area contributed by atoms with E-state index in [0.29, 0.717) is 59.6 Å². The topological polar surface area (TPSA) is 144 Å². The van der Waals surface area contributed by atoms with Crippen molar-refractivity contribution in [1.29, 1.82) is 0 Å². The van der Waals surface area contributed by atoms with Crippen LogP contribution in [0, 0.1) is 13.8 Å². The van der Waals surface area contributed by atoms with Crippen molar-refractivity contribution < 1.29 is 32.3 Å². The molecule has 0 aliphatic carbocycles. The Kier molecular flexibility index (Phi) is 7.44. The van der Waals surface area contributed by atoms with Gasteiger partial charge in [0.05, 0.1) is 17.0 Å². The molecule has 1 amide bonds. The number of aromatic nitrogens is 6. The lowest BCUT2D eigenvalue weighted by molar-refractivity contribution is -0.137. The van der Waals surface area contributed by atoms with Crippen LogP contribution in [0.1, 0.15) is 62.3 Å². The lowest BCUT2D eigenvalue weighted by Crippen LogP contribution is -2.49. The maximum absolute atomic E-state index is 14.3. The first-order valence-corrected chi connectivity index (χ1v) is 14.2. The second kappa shape index (κ2) is 11.1. The van der Waals surface area contributed by atoms with Gasteiger partial charge in [-0.25, -0.2) is 24.4 Å². The van der Waals surface area contributed by atoms with Gasteiger partial charge in [-0.05, 0) is 65.0 Å². The van der Waals surface area contributed by atoms with Gasteiger partial charge in [0.1, 0.15) is 22.7 Å². The predicted molar refractivity (Wildman–Crippen MR) is 148 cm³/mol. The molecular formula is C28H31F3N8O4. The molecule has 2 aliphatic rings. The summed E-state index contributed by atoms with van der Waals surface area (Å²) in [6.07, 6.45) is -2.05. The maximum Gasteiger partial charge on any atom is 0.420 e. The van der Waals surface area contributed by atoms with Crippen LogP contribution in [-0.2, 0) is 10.9 Å². The van der Waals surface area contributed by atoms with E-state index in [1.54, 1.807) is 26.0 Å². The monoisotopic (exact) mass is 600 g/mol. The molecule has 4 aromatic heterocycles. The van der Waals surface area contributed by atoms with Gasteiger partial charge >= 0.3 is 12.3 Å². The Morgan fingerprint density at radius 1 is 1.12 bits per heavy atom. The van der Waals surface area contributed by atoms with Crippen LogP contribution in [0.2, 0.25) is 0 Å². The molecule has 6 rings (SSSR count). The highest BCUT2D eigenvalue weighted by atomic mass is 19.4. The Morgan fingerprint density at radius 2 is 1.93 bits per heavy atom. The lowest BCUT2D eigenvalue weighted by atomic mass is 10.00. The molecular weight excluding hydrogens is 569 g/mol. The minimum atomic E-state index is -4.77. The summed E-state index contributed by atoms with van der Waals surface area (Å²) in [4.78, 5) is 26.1. The Hall–Kier alpha value is -4.27. The van der Waals surface area contributed by atoms with Gasteiger partial charge in [-0.15, -0.1) is 0 Å². The Morgan fingerprint density at radius 3 is 2.60 bits per heavy atom. The van der Waals surface area contributed by atoms with Gasteiger partial charge in [-0.1, -0.05) is 5.16 Å². The van der Waals surface area contributed by atoms with Gasteiger partial charge < -0.3 is 24.6 Å². The molecule has 228 valence electrons. The van der Waals surface area contributed by atoms with Crippen LogP contribution in [0.4, 0.5) is 23.9 Å². The molecule has 43 heavy (non-hydrogen) atoms. The fraction of sp³-hybridized carbons (Fsp3) is 0.500. The van der Waals surface area contributed by atoms with Crippen molar-refractivity contribution in [2.24, 2.45) is 0 Å². The van der Waals surface area contributed by atoms with Crippen molar-refractivity contribution in [3.05, 3.63) is 35.3 Å². The van der Waals surface area contributed by atoms with Gasteiger partial charge in [-0.2, -0.15) is 18.3 Å². The number of hydrogen-bond acceptors (Lipinski definition) is 9. The van der Waals surface area contributed by atoms with E-state index in [1.807, 2.05) is 6.92 Å². The van der Waals surface area contributed by atoms with Crippen molar-refractivity contribution in [1.82, 2.24) is 34.8 Å². The van der Waals surface area contributed by atoms with E-state index >= 15 is 0 Å². The summed E-state index contributed by atoms with van der Waals surface area (Å²) in [7, 11) is 0. The number of nitrogens with one attached hydrogen (secondary N) is 1. The highest BCUT2D eigenvalue weighted by molar-refractivity contribution is 5.92. The van der Waals surface area contributed by atoms with Crippen LogP contribution in [0.3, 0.4) is 0 Å². The van der Waals surface area contributed by atoms with Crippen molar-refractivity contribution in [2.75, 3.05) is 18.5 Å². The van der Waals surface area contributed by atoms with E-state index < -0.39 is 29.8 Å². The molecule has 12 nitrogen and oxygen atoms in total. The van der Waals surface area contributed by atoms with E-state index in [1.165, 1.54) is 9.58 Å². The molecule has 0 spiro atoms. The summed E-state index contributed by atoms with van der Waals surface area (Å²) in [5.41, 5.74) is 0.756. The summed E-state index contributed by atoms with van der Waals surface area (Å²) in [6, 6.07) is 2.83. The smallest absolute Gasteiger partial charge is 0.420 e. The number of ether oxygens (including phenoxy) is 1. The van der Waals surface area contributed by atoms with E-state index in [4.69, 9.17) is 14.2 Å². The number of amides is 1. The average Bonchev–Trinajstić information content (AvgIpc) is 3.52. The Labute approximate surface area is 244 Å². The number of pyridine rings is 1. The second-order valence-electron chi connectivity index (χ2n) is 11.0. The van der Waals surface area contributed by atoms with Crippen LogP contribution >= 0.6 is 0 Å². The standard InChI is InChI=1S/C28H31F3N8O4/c1-14-7-8-17(13-38(14)27(40)41)33-26-32-12-19(28(29,30)31)24(35-26)23-18-9-10-20(22-15(2)37-43-16(22)3)34-25(18)39(36-23)21-6-4-5-11-42-21/h9-10,12,14,17,21H,4-8,11,13H2,1-3H3,(H,40,41)(H,32,33,35)/t14-,17-,21?/m1/s1. The number of aryl methyl sites for hydroxylation is 2. The molecule has 15 heteroatoms. The molecule has 1 unspecified atom stereocenters. The summed E-state index contributed by atoms with van der Waals surface area (Å²) in [5.74, 6) is 0.513. The molecule has 2 N–H and O–H groups in total. The maximum atomic E-state index is 14.3. The zero-order chi connectivity index (χ0) is 30.5. The number of carbonyl (C=O) groups is 1. The van der Waals surface area contributed by atoms with Gasteiger partial charge in [0.25, 0.3) is 0 Å². The van der Waals surface area contributed by atoms with E-state index in [2.05, 4.69) is 25.5 Å². The molecule has 0 bridgehead atoms. The summed E-state index contributed by atoms with van der Waals surface area (Å²) in [5, 5.41) is 21.6.